The van der Waals surface area contributed by atoms with E-state index in [1.165, 1.54) is 11.1 Å². The van der Waals surface area contributed by atoms with Gasteiger partial charge in [-0.2, -0.15) is 0 Å². The van der Waals surface area contributed by atoms with Crippen LogP contribution in [0.2, 0.25) is 0 Å². The molecule has 0 fully saturated rings. The van der Waals surface area contributed by atoms with Crippen molar-refractivity contribution in [2.45, 2.75) is 26.8 Å². The van der Waals surface area contributed by atoms with Gasteiger partial charge in [-0.15, -0.1) is 5.10 Å². The minimum Gasteiger partial charge on any atom is -0.466 e. The summed E-state index contributed by atoms with van der Waals surface area (Å²) >= 11 is 0. The van der Waals surface area contributed by atoms with Crippen LogP contribution in [-0.2, 0) is 7.05 Å². The van der Waals surface area contributed by atoms with Crippen LogP contribution in [0.4, 0.5) is 0 Å². The van der Waals surface area contributed by atoms with Crippen molar-refractivity contribution in [3.8, 4) is 0 Å². The zero-order valence-corrected chi connectivity index (χ0v) is 10.9. The van der Waals surface area contributed by atoms with Crippen LogP contribution >= 0.6 is 0 Å². The summed E-state index contributed by atoms with van der Waals surface area (Å²) in [5, 5.41) is 11.2. The first-order chi connectivity index (χ1) is 8.06. The molecule has 0 saturated carbocycles. The Balaban J connectivity index is 2.53. The summed E-state index contributed by atoms with van der Waals surface area (Å²) in [7, 11) is 3.82. The number of rotatable bonds is 3. The summed E-state index contributed by atoms with van der Waals surface area (Å²) < 4.78 is 7.46. The molecule has 2 heterocycles. The number of nitrogens with zero attached hydrogens (tertiary/aromatic N) is 3. The van der Waals surface area contributed by atoms with E-state index in [-0.39, 0.29) is 6.04 Å². The van der Waals surface area contributed by atoms with Gasteiger partial charge in [0.25, 0.3) is 0 Å². The van der Waals surface area contributed by atoms with E-state index < -0.39 is 0 Å². The number of hydrogen-bond acceptors (Lipinski definition) is 4. The zero-order valence-electron chi connectivity index (χ0n) is 10.9. The van der Waals surface area contributed by atoms with Crippen LogP contribution in [-0.4, -0.2) is 22.0 Å². The van der Waals surface area contributed by atoms with Crippen LogP contribution in [0.1, 0.15) is 34.4 Å². The van der Waals surface area contributed by atoms with E-state index in [1.54, 1.807) is 10.9 Å². The third-order valence-corrected chi connectivity index (χ3v) is 3.24. The first-order valence-corrected chi connectivity index (χ1v) is 5.64. The van der Waals surface area contributed by atoms with Crippen LogP contribution in [0.25, 0.3) is 0 Å². The van der Waals surface area contributed by atoms with Crippen molar-refractivity contribution in [3.63, 3.8) is 0 Å². The van der Waals surface area contributed by atoms with Crippen molar-refractivity contribution in [2.24, 2.45) is 7.05 Å². The standard InChI is InChI=1S/C12H18N4O/c1-7-8(2)17-9(3)11(7)12(13-4)10-6-14-15-16(10)5/h6,12-13H,1-5H3. The average Bonchev–Trinajstić information content (AvgIpc) is 2.79. The van der Waals surface area contributed by atoms with Gasteiger partial charge in [-0.25, -0.2) is 0 Å². The molecule has 5 nitrogen and oxygen atoms in total. The van der Waals surface area contributed by atoms with Gasteiger partial charge in [-0.3, -0.25) is 4.68 Å². The second-order valence-electron chi connectivity index (χ2n) is 4.26. The van der Waals surface area contributed by atoms with Gasteiger partial charge in [0, 0.05) is 12.6 Å². The summed E-state index contributed by atoms with van der Waals surface area (Å²) in [5.74, 6) is 1.91. The summed E-state index contributed by atoms with van der Waals surface area (Å²) in [6.45, 7) is 6.05. The Morgan fingerprint density at radius 2 is 2.00 bits per heavy atom. The van der Waals surface area contributed by atoms with Gasteiger partial charge in [0.15, 0.2) is 0 Å². The third kappa shape index (κ3) is 1.86. The lowest BCUT2D eigenvalue weighted by molar-refractivity contribution is 0.493. The fourth-order valence-electron chi connectivity index (χ4n) is 2.23. The van der Waals surface area contributed by atoms with Crippen LogP contribution < -0.4 is 5.32 Å². The molecule has 2 rings (SSSR count). The molecule has 0 saturated heterocycles. The molecular weight excluding hydrogens is 216 g/mol. The summed E-state index contributed by atoms with van der Waals surface area (Å²) in [5.41, 5.74) is 3.39. The fourth-order valence-corrected chi connectivity index (χ4v) is 2.23. The van der Waals surface area contributed by atoms with Gasteiger partial charge < -0.3 is 9.73 Å². The van der Waals surface area contributed by atoms with Gasteiger partial charge >= 0.3 is 0 Å². The smallest absolute Gasteiger partial charge is 0.106 e. The topological polar surface area (TPSA) is 55.9 Å². The minimum atomic E-state index is 0.0625. The van der Waals surface area contributed by atoms with Crippen molar-refractivity contribution in [1.82, 2.24) is 20.3 Å². The molecule has 2 aromatic heterocycles. The lowest BCUT2D eigenvalue weighted by Gasteiger charge is -2.16. The highest BCUT2D eigenvalue weighted by atomic mass is 16.3. The van der Waals surface area contributed by atoms with Gasteiger partial charge in [-0.05, 0) is 33.4 Å². The van der Waals surface area contributed by atoms with E-state index >= 15 is 0 Å². The van der Waals surface area contributed by atoms with Crippen molar-refractivity contribution in [2.75, 3.05) is 7.05 Å². The highest BCUT2D eigenvalue weighted by Gasteiger charge is 2.23. The lowest BCUT2D eigenvalue weighted by Crippen LogP contribution is -2.21. The van der Waals surface area contributed by atoms with E-state index in [0.717, 1.165) is 17.2 Å². The third-order valence-electron chi connectivity index (χ3n) is 3.24. The molecule has 0 bridgehead atoms. The van der Waals surface area contributed by atoms with Crippen LogP contribution in [0, 0.1) is 20.8 Å². The Morgan fingerprint density at radius 3 is 2.41 bits per heavy atom. The molecule has 17 heavy (non-hydrogen) atoms. The van der Waals surface area contributed by atoms with Crippen LogP contribution in [0.5, 0.6) is 0 Å². The highest BCUT2D eigenvalue weighted by molar-refractivity contribution is 5.38. The number of aryl methyl sites for hydroxylation is 3. The Morgan fingerprint density at radius 1 is 1.29 bits per heavy atom. The van der Waals surface area contributed by atoms with E-state index in [2.05, 4.69) is 22.6 Å². The molecular formula is C12H18N4O. The predicted molar refractivity (Wildman–Crippen MR) is 64.8 cm³/mol. The summed E-state index contributed by atoms with van der Waals surface area (Å²) in [6, 6.07) is 0.0625. The SMILES string of the molecule is CNC(c1c(C)oc(C)c1C)c1cnnn1C. The maximum absolute atomic E-state index is 5.68. The molecule has 0 spiro atoms. The quantitative estimate of drug-likeness (QED) is 0.877. The van der Waals surface area contributed by atoms with Crippen molar-refractivity contribution in [3.05, 3.63) is 34.5 Å². The van der Waals surface area contributed by atoms with Gasteiger partial charge in [0.05, 0.1) is 17.9 Å². The molecule has 1 N–H and O–H groups in total. The normalized spacial score (nSPS) is 13.0. The number of nitrogens with one attached hydrogen (secondary N) is 1. The molecule has 0 amide bonds. The Hall–Kier alpha value is -1.62. The Bertz CT molecular complexity index is 527. The molecule has 1 atom stereocenters. The molecule has 0 radical (unpaired) electrons. The second-order valence-corrected chi connectivity index (χ2v) is 4.26. The molecule has 92 valence electrons. The Labute approximate surface area is 101 Å². The molecule has 0 aromatic carbocycles. The maximum atomic E-state index is 5.68. The molecule has 1 unspecified atom stereocenters. The summed E-state index contributed by atoms with van der Waals surface area (Å²) in [6.07, 6.45) is 1.78. The number of hydrogen-bond donors (Lipinski definition) is 1. The number of furan rings is 1. The zero-order chi connectivity index (χ0) is 12.6. The van der Waals surface area contributed by atoms with E-state index in [1.807, 2.05) is 27.9 Å². The monoisotopic (exact) mass is 234 g/mol. The largest absolute Gasteiger partial charge is 0.466 e. The average molecular weight is 234 g/mol. The molecule has 0 aliphatic carbocycles. The molecule has 0 aliphatic heterocycles. The van der Waals surface area contributed by atoms with E-state index in [9.17, 15) is 0 Å². The predicted octanol–water partition coefficient (Wildman–Crippen LogP) is 1.64. The number of aromatic nitrogens is 3. The van der Waals surface area contributed by atoms with Gasteiger partial charge in [0.1, 0.15) is 11.5 Å². The first kappa shape index (κ1) is 11.9. The second kappa shape index (κ2) is 4.33. The Kier molecular flexibility index (Phi) is 3.02. The summed E-state index contributed by atoms with van der Waals surface area (Å²) in [4.78, 5) is 0. The first-order valence-electron chi connectivity index (χ1n) is 5.64. The lowest BCUT2D eigenvalue weighted by atomic mass is 10.00. The van der Waals surface area contributed by atoms with Crippen LogP contribution in [0.15, 0.2) is 10.6 Å². The van der Waals surface area contributed by atoms with Gasteiger partial charge in [-0.1, -0.05) is 5.21 Å². The van der Waals surface area contributed by atoms with Crippen molar-refractivity contribution >= 4 is 0 Å². The highest BCUT2D eigenvalue weighted by Crippen LogP contribution is 2.30. The van der Waals surface area contributed by atoms with Crippen molar-refractivity contribution < 1.29 is 4.42 Å². The van der Waals surface area contributed by atoms with Crippen LogP contribution in [0.3, 0.4) is 0 Å². The molecule has 2 aromatic rings. The molecule has 5 heteroatoms. The fraction of sp³-hybridized carbons (Fsp3) is 0.500. The molecule has 0 aliphatic rings. The van der Waals surface area contributed by atoms with Gasteiger partial charge in [0.2, 0.25) is 0 Å². The van der Waals surface area contributed by atoms with E-state index in [4.69, 9.17) is 4.42 Å². The van der Waals surface area contributed by atoms with Crippen molar-refractivity contribution in [1.29, 1.82) is 0 Å². The minimum absolute atomic E-state index is 0.0625. The maximum Gasteiger partial charge on any atom is 0.106 e. The van der Waals surface area contributed by atoms with E-state index in [0.29, 0.717) is 0 Å².